The molecular formula is C47H48N8O8. The molecule has 0 bridgehead atoms. The number of benzene rings is 4. The Morgan fingerprint density at radius 3 is 2.16 bits per heavy atom. The van der Waals surface area contributed by atoms with Crippen molar-refractivity contribution >= 4 is 46.8 Å². The van der Waals surface area contributed by atoms with E-state index in [-0.39, 0.29) is 55.6 Å². The number of hydrogen-bond acceptors (Lipinski definition) is 11. The van der Waals surface area contributed by atoms with Crippen LogP contribution in [0.2, 0.25) is 0 Å². The van der Waals surface area contributed by atoms with E-state index in [1.807, 2.05) is 78.9 Å². The summed E-state index contributed by atoms with van der Waals surface area (Å²) >= 11 is 0. The molecule has 0 saturated carbocycles. The third-order valence-corrected chi connectivity index (χ3v) is 10.3. The molecule has 0 radical (unpaired) electrons. The van der Waals surface area contributed by atoms with Crippen LogP contribution in [0, 0.1) is 0 Å². The number of methoxy groups -OCH3 is 1. The van der Waals surface area contributed by atoms with Crippen LogP contribution in [0.1, 0.15) is 53.7 Å². The largest absolute Gasteiger partial charge is 0.497 e. The van der Waals surface area contributed by atoms with Gasteiger partial charge in [-0.25, -0.2) is 24.5 Å². The first-order valence-corrected chi connectivity index (χ1v) is 20.4. The second kappa shape index (κ2) is 19.4. The summed E-state index contributed by atoms with van der Waals surface area (Å²) in [5.74, 6) is -1.66. The van der Waals surface area contributed by atoms with Crippen LogP contribution in [0.4, 0.5) is 10.6 Å². The topological polar surface area (TPSA) is 196 Å². The number of amides is 4. The lowest BCUT2D eigenvalue weighted by atomic mass is 9.98. The molecule has 2 heterocycles. The summed E-state index contributed by atoms with van der Waals surface area (Å²) in [7, 11) is 1.53. The van der Waals surface area contributed by atoms with Crippen LogP contribution in [-0.4, -0.2) is 99.2 Å². The minimum Gasteiger partial charge on any atom is -0.497 e. The summed E-state index contributed by atoms with van der Waals surface area (Å²) in [5, 5.41) is 8.23. The van der Waals surface area contributed by atoms with Crippen LogP contribution in [0.5, 0.6) is 5.75 Å². The van der Waals surface area contributed by atoms with E-state index in [0.717, 1.165) is 27.8 Å². The Balaban J connectivity index is 1.05. The lowest BCUT2D eigenvalue weighted by Crippen LogP contribution is -2.50. The summed E-state index contributed by atoms with van der Waals surface area (Å²) in [5.41, 5.74) is 5.13. The number of nitrogens with one attached hydrogen (secondary N) is 3. The standard InChI is InChI=1S/C47H48N8O8/c1-47(2,3)63-45(59)38(24-30-12-6-5-7-13-30)52-39(56)25-54(23-22-48-46(60)62-27-37-35-16-10-8-14-33(35)34-15-9-11-17-36(34)37)40(57)26-55-29-51-41-42(49-28-50-43(41)55)53-44(58)31-18-20-32(61-4)21-19-31/h5-21,28-29,37-38H,22-27H2,1-4H3,(H,48,60)(H,52,56)(H,49,50,53,58)/t38-/m0/s1. The van der Waals surface area contributed by atoms with Crippen LogP contribution >= 0.6 is 0 Å². The first kappa shape index (κ1) is 43.5. The van der Waals surface area contributed by atoms with Crippen molar-refractivity contribution in [3.05, 3.63) is 138 Å². The molecule has 1 aliphatic carbocycles. The van der Waals surface area contributed by atoms with Crippen LogP contribution < -0.4 is 20.7 Å². The smallest absolute Gasteiger partial charge is 0.407 e. The number of carbonyl (C=O) groups excluding carboxylic acids is 5. The van der Waals surface area contributed by atoms with Crippen molar-refractivity contribution in [1.82, 2.24) is 35.1 Å². The normalized spacial score (nSPS) is 12.4. The number of alkyl carbamates (subject to hydrolysis) is 1. The van der Waals surface area contributed by atoms with Crippen molar-refractivity contribution in [2.45, 2.75) is 51.3 Å². The molecule has 1 atom stereocenters. The zero-order valence-electron chi connectivity index (χ0n) is 35.4. The number of carbonyl (C=O) groups is 5. The molecule has 1 aliphatic rings. The van der Waals surface area contributed by atoms with Gasteiger partial charge in [-0.05, 0) is 72.9 Å². The summed E-state index contributed by atoms with van der Waals surface area (Å²) in [4.78, 5) is 81.6. The van der Waals surface area contributed by atoms with Crippen LogP contribution in [0.3, 0.4) is 0 Å². The number of rotatable bonds is 16. The molecule has 324 valence electrons. The number of aromatic nitrogens is 4. The maximum Gasteiger partial charge on any atom is 0.407 e. The average molecular weight is 853 g/mol. The SMILES string of the molecule is COc1ccc(C(=O)Nc2ncnc3c2ncn3CC(=O)N(CCNC(=O)OCC2c3ccccc3-c3ccccc32)CC(=O)N[C@@H](Cc2ccccc2)C(=O)OC(C)(C)C)cc1. The zero-order valence-corrected chi connectivity index (χ0v) is 35.4. The molecule has 2 aromatic heterocycles. The van der Waals surface area contributed by atoms with Crippen molar-refractivity contribution in [1.29, 1.82) is 0 Å². The van der Waals surface area contributed by atoms with Gasteiger partial charge in [0.25, 0.3) is 5.91 Å². The number of anilines is 1. The van der Waals surface area contributed by atoms with E-state index in [4.69, 9.17) is 14.2 Å². The summed E-state index contributed by atoms with van der Waals surface area (Å²) in [6.45, 7) is 4.34. The van der Waals surface area contributed by atoms with Gasteiger partial charge in [0.2, 0.25) is 11.8 Å². The summed E-state index contributed by atoms with van der Waals surface area (Å²) in [6, 6.07) is 30.7. The first-order chi connectivity index (χ1) is 30.4. The van der Waals surface area contributed by atoms with E-state index in [1.165, 1.54) is 29.2 Å². The lowest BCUT2D eigenvalue weighted by Gasteiger charge is -2.26. The zero-order chi connectivity index (χ0) is 44.5. The highest BCUT2D eigenvalue weighted by Gasteiger charge is 2.31. The fourth-order valence-corrected chi connectivity index (χ4v) is 7.32. The average Bonchev–Trinajstić information content (AvgIpc) is 3.83. The minimum absolute atomic E-state index is 0.0659. The van der Waals surface area contributed by atoms with Crippen molar-refractivity contribution in [2.24, 2.45) is 0 Å². The Bertz CT molecular complexity index is 2560. The molecule has 3 N–H and O–H groups in total. The van der Waals surface area contributed by atoms with Gasteiger partial charge in [0, 0.05) is 31.0 Å². The van der Waals surface area contributed by atoms with Gasteiger partial charge < -0.3 is 39.6 Å². The van der Waals surface area contributed by atoms with Crippen molar-refractivity contribution in [3.8, 4) is 16.9 Å². The molecule has 0 fully saturated rings. The monoisotopic (exact) mass is 852 g/mol. The predicted molar refractivity (Wildman–Crippen MR) is 234 cm³/mol. The van der Waals surface area contributed by atoms with Crippen LogP contribution in [0.25, 0.3) is 22.3 Å². The fourth-order valence-electron chi connectivity index (χ4n) is 7.32. The summed E-state index contributed by atoms with van der Waals surface area (Å²) < 4.78 is 18.0. The molecule has 4 aromatic carbocycles. The molecule has 0 aliphatic heterocycles. The van der Waals surface area contributed by atoms with Crippen LogP contribution in [-0.2, 0) is 36.8 Å². The molecule has 63 heavy (non-hydrogen) atoms. The third-order valence-electron chi connectivity index (χ3n) is 10.3. The molecule has 6 aromatic rings. The minimum atomic E-state index is -1.06. The number of esters is 1. The van der Waals surface area contributed by atoms with Gasteiger partial charge >= 0.3 is 12.1 Å². The lowest BCUT2D eigenvalue weighted by molar-refractivity contribution is -0.158. The van der Waals surface area contributed by atoms with E-state index in [1.54, 1.807) is 45.0 Å². The number of nitrogens with zero attached hydrogens (tertiary/aromatic N) is 5. The molecule has 4 amide bonds. The van der Waals surface area contributed by atoms with Crippen LogP contribution in [0.15, 0.2) is 116 Å². The van der Waals surface area contributed by atoms with Crippen molar-refractivity contribution < 1.29 is 38.2 Å². The van der Waals surface area contributed by atoms with Gasteiger partial charge in [-0.3, -0.25) is 14.4 Å². The molecule has 16 nitrogen and oxygen atoms in total. The molecule has 0 unspecified atom stereocenters. The first-order valence-electron chi connectivity index (χ1n) is 20.4. The second-order valence-corrected chi connectivity index (χ2v) is 15.9. The quantitative estimate of drug-likeness (QED) is 0.104. The second-order valence-electron chi connectivity index (χ2n) is 15.9. The highest BCUT2D eigenvalue weighted by Crippen LogP contribution is 2.44. The number of imidazole rings is 1. The van der Waals surface area contributed by atoms with E-state index in [2.05, 4.69) is 30.9 Å². The van der Waals surface area contributed by atoms with E-state index < -0.39 is 48.0 Å². The van der Waals surface area contributed by atoms with Gasteiger partial charge in [-0.1, -0.05) is 78.9 Å². The highest BCUT2D eigenvalue weighted by molar-refractivity contribution is 6.06. The molecule has 0 spiro atoms. The molecule has 0 saturated heterocycles. The Morgan fingerprint density at radius 1 is 0.825 bits per heavy atom. The molecule has 16 heteroatoms. The Kier molecular flexibility index (Phi) is 13.4. The van der Waals surface area contributed by atoms with Gasteiger partial charge in [-0.2, -0.15) is 0 Å². The maximum atomic E-state index is 14.1. The molecular weight excluding hydrogens is 805 g/mol. The Morgan fingerprint density at radius 2 is 1.49 bits per heavy atom. The highest BCUT2D eigenvalue weighted by atomic mass is 16.6. The van der Waals surface area contributed by atoms with Crippen molar-refractivity contribution in [2.75, 3.05) is 38.7 Å². The maximum absolute atomic E-state index is 14.1. The number of fused-ring (bicyclic) bond motifs is 4. The van der Waals surface area contributed by atoms with Gasteiger partial charge in [-0.15, -0.1) is 0 Å². The summed E-state index contributed by atoms with van der Waals surface area (Å²) in [6.07, 6.45) is 2.08. The predicted octanol–water partition coefficient (Wildman–Crippen LogP) is 5.52. The molecule has 7 rings (SSSR count). The van der Waals surface area contributed by atoms with E-state index >= 15 is 0 Å². The van der Waals surface area contributed by atoms with E-state index in [0.29, 0.717) is 11.3 Å². The van der Waals surface area contributed by atoms with E-state index in [9.17, 15) is 24.0 Å². The van der Waals surface area contributed by atoms with Crippen molar-refractivity contribution in [3.63, 3.8) is 0 Å². The third kappa shape index (κ3) is 10.8. The van der Waals surface area contributed by atoms with Gasteiger partial charge in [0.15, 0.2) is 17.0 Å². The number of ether oxygens (including phenoxy) is 3. The number of hydrogen-bond donors (Lipinski definition) is 3. The fraction of sp³-hybridized carbons (Fsp3) is 0.277. The van der Waals surface area contributed by atoms with Gasteiger partial charge in [0.1, 0.15) is 36.9 Å². The Labute approximate surface area is 364 Å². The Hall–Kier alpha value is -7.62. The van der Waals surface area contributed by atoms with Gasteiger partial charge in [0.05, 0.1) is 20.0 Å².